The number of benzene rings is 1. The Morgan fingerprint density at radius 2 is 2.20 bits per heavy atom. The minimum Gasteiger partial charge on any atom is -0.394 e. The van der Waals surface area contributed by atoms with E-state index in [4.69, 9.17) is 0 Å². The fourth-order valence-corrected chi connectivity index (χ4v) is 1.62. The molecule has 0 bridgehead atoms. The third-order valence-corrected chi connectivity index (χ3v) is 2.43. The fraction of sp³-hybridized carbons (Fsp3) is 0.500. The number of rotatable bonds is 5. The highest BCUT2D eigenvalue weighted by atomic mass is 19.1. The van der Waals surface area contributed by atoms with E-state index in [1.54, 1.807) is 6.07 Å². The lowest BCUT2D eigenvalue weighted by molar-refractivity contribution is 0.244. The molecule has 15 heavy (non-hydrogen) atoms. The minimum atomic E-state index is -0.233. The van der Waals surface area contributed by atoms with Gasteiger partial charge in [0.25, 0.3) is 0 Å². The van der Waals surface area contributed by atoms with E-state index in [0.717, 1.165) is 24.1 Å². The van der Waals surface area contributed by atoms with Crippen molar-refractivity contribution in [3.05, 3.63) is 35.1 Å². The normalized spacial score (nSPS) is 12.8. The van der Waals surface area contributed by atoms with Gasteiger partial charge in [0.2, 0.25) is 0 Å². The first kappa shape index (κ1) is 12.1. The van der Waals surface area contributed by atoms with Crippen LogP contribution in [0.3, 0.4) is 0 Å². The molecule has 0 aliphatic heterocycles. The SMILES string of the molecule is CCCNC(CO)c1ccc(F)cc1C. The average Bonchev–Trinajstić information content (AvgIpc) is 2.21. The average molecular weight is 211 g/mol. The molecule has 0 radical (unpaired) electrons. The van der Waals surface area contributed by atoms with Gasteiger partial charge in [-0.25, -0.2) is 4.39 Å². The molecule has 0 aromatic heterocycles. The van der Waals surface area contributed by atoms with Gasteiger partial charge in [0.15, 0.2) is 0 Å². The molecule has 1 aromatic rings. The fourth-order valence-electron chi connectivity index (χ4n) is 1.62. The third kappa shape index (κ3) is 3.29. The van der Waals surface area contributed by atoms with Crippen LogP contribution in [0.4, 0.5) is 4.39 Å². The van der Waals surface area contributed by atoms with Crippen molar-refractivity contribution in [3.8, 4) is 0 Å². The first-order valence-corrected chi connectivity index (χ1v) is 5.29. The van der Waals surface area contributed by atoms with E-state index in [1.807, 2.05) is 6.92 Å². The van der Waals surface area contributed by atoms with Gasteiger partial charge in [-0.05, 0) is 43.1 Å². The summed E-state index contributed by atoms with van der Waals surface area (Å²) in [5.41, 5.74) is 1.84. The molecule has 0 saturated heterocycles. The summed E-state index contributed by atoms with van der Waals surface area (Å²) in [4.78, 5) is 0. The highest BCUT2D eigenvalue weighted by molar-refractivity contribution is 5.29. The molecule has 2 N–H and O–H groups in total. The molecule has 1 atom stereocenters. The molecule has 0 amide bonds. The largest absolute Gasteiger partial charge is 0.394 e. The van der Waals surface area contributed by atoms with Crippen LogP contribution in [0.2, 0.25) is 0 Å². The van der Waals surface area contributed by atoms with E-state index in [0.29, 0.717) is 0 Å². The van der Waals surface area contributed by atoms with E-state index in [1.165, 1.54) is 12.1 Å². The van der Waals surface area contributed by atoms with Crippen LogP contribution in [-0.2, 0) is 0 Å². The zero-order valence-corrected chi connectivity index (χ0v) is 9.26. The second-order valence-corrected chi connectivity index (χ2v) is 3.69. The number of hydrogen-bond acceptors (Lipinski definition) is 2. The third-order valence-electron chi connectivity index (χ3n) is 2.43. The number of hydrogen-bond donors (Lipinski definition) is 2. The van der Waals surface area contributed by atoms with Crippen molar-refractivity contribution < 1.29 is 9.50 Å². The molecule has 3 heteroatoms. The Morgan fingerprint density at radius 1 is 1.47 bits per heavy atom. The number of aliphatic hydroxyl groups is 1. The van der Waals surface area contributed by atoms with Gasteiger partial charge < -0.3 is 10.4 Å². The van der Waals surface area contributed by atoms with Gasteiger partial charge in [-0.1, -0.05) is 13.0 Å². The summed E-state index contributed by atoms with van der Waals surface area (Å²) in [6.45, 7) is 4.81. The Morgan fingerprint density at radius 3 is 2.73 bits per heavy atom. The molecular formula is C12H18FNO. The molecule has 0 aliphatic rings. The zero-order valence-electron chi connectivity index (χ0n) is 9.26. The minimum absolute atomic E-state index is 0.0342. The Balaban J connectivity index is 2.81. The van der Waals surface area contributed by atoms with Crippen LogP contribution < -0.4 is 5.32 Å². The number of nitrogens with one attached hydrogen (secondary N) is 1. The number of aryl methyl sites for hydroxylation is 1. The molecule has 1 unspecified atom stereocenters. The highest BCUT2D eigenvalue weighted by Gasteiger charge is 2.11. The van der Waals surface area contributed by atoms with Gasteiger partial charge in [0, 0.05) is 0 Å². The predicted molar refractivity (Wildman–Crippen MR) is 59.3 cm³/mol. The molecule has 0 heterocycles. The van der Waals surface area contributed by atoms with Crippen molar-refractivity contribution in [1.82, 2.24) is 5.32 Å². The Kier molecular flexibility index (Phi) is 4.72. The number of aliphatic hydroxyl groups excluding tert-OH is 1. The second-order valence-electron chi connectivity index (χ2n) is 3.69. The molecule has 84 valence electrons. The van der Waals surface area contributed by atoms with Crippen LogP contribution in [0.25, 0.3) is 0 Å². The van der Waals surface area contributed by atoms with Crippen molar-refractivity contribution in [2.24, 2.45) is 0 Å². The van der Waals surface area contributed by atoms with E-state index in [-0.39, 0.29) is 18.5 Å². The molecule has 0 spiro atoms. The van der Waals surface area contributed by atoms with Crippen LogP contribution in [0.15, 0.2) is 18.2 Å². The number of halogens is 1. The van der Waals surface area contributed by atoms with Crippen LogP contribution in [0, 0.1) is 12.7 Å². The lowest BCUT2D eigenvalue weighted by Crippen LogP contribution is -2.25. The van der Waals surface area contributed by atoms with Crippen LogP contribution in [-0.4, -0.2) is 18.3 Å². The van der Waals surface area contributed by atoms with E-state index >= 15 is 0 Å². The summed E-state index contributed by atoms with van der Waals surface area (Å²) >= 11 is 0. The van der Waals surface area contributed by atoms with Crippen molar-refractivity contribution >= 4 is 0 Å². The van der Waals surface area contributed by atoms with Crippen LogP contribution in [0.5, 0.6) is 0 Å². The first-order valence-electron chi connectivity index (χ1n) is 5.29. The summed E-state index contributed by atoms with van der Waals surface area (Å²) in [6.07, 6.45) is 1.01. The Hall–Kier alpha value is -0.930. The predicted octanol–water partition coefficient (Wildman–Crippen LogP) is 2.17. The summed E-state index contributed by atoms with van der Waals surface area (Å²) in [6, 6.07) is 4.56. The summed E-state index contributed by atoms with van der Waals surface area (Å²) in [5.74, 6) is -0.233. The smallest absolute Gasteiger partial charge is 0.123 e. The molecule has 1 aromatic carbocycles. The first-order chi connectivity index (χ1) is 7.19. The molecule has 1 rings (SSSR count). The van der Waals surface area contributed by atoms with Gasteiger partial charge in [-0.2, -0.15) is 0 Å². The lowest BCUT2D eigenvalue weighted by Gasteiger charge is -2.18. The topological polar surface area (TPSA) is 32.3 Å². The maximum Gasteiger partial charge on any atom is 0.123 e. The van der Waals surface area contributed by atoms with Crippen molar-refractivity contribution in [3.63, 3.8) is 0 Å². The van der Waals surface area contributed by atoms with E-state index in [9.17, 15) is 9.50 Å². The molecule has 0 saturated carbocycles. The van der Waals surface area contributed by atoms with E-state index in [2.05, 4.69) is 12.2 Å². The summed E-state index contributed by atoms with van der Waals surface area (Å²) < 4.78 is 12.9. The monoisotopic (exact) mass is 211 g/mol. The Labute approximate surface area is 90.1 Å². The molecule has 0 aliphatic carbocycles. The summed E-state index contributed by atoms with van der Waals surface area (Å²) in [5, 5.41) is 12.5. The Bertz CT molecular complexity index is 314. The van der Waals surface area contributed by atoms with Gasteiger partial charge in [0.05, 0.1) is 12.6 Å². The van der Waals surface area contributed by atoms with Gasteiger partial charge in [-0.3, -0.25) is 0 Å². The highest BCUT2D eigenvalue weighted by Crippen LogP contribution is 2.18. The molecule has 2 nitrogen and oxygen atoms in total. The standard InChI is InChI=1S/C12H18FNO/c1-3-6-14-12(8-15)11-5-4-10(13)7-9(11)2/h4-5,7,12,14-15H,3,6,8H2,1-2H3. The van der Waals surface area contributed by atoms with Crippen LogP contribution >= 0.6 is 0 Å². The van der Waals surface area contributed by atoms with E-state index < -0.39 is 0 Å². The van der Waals surface area contributed by atoms with Gasteiger partial charge >= 0.3 is 0 Å². The van der Waals surface area contributed by atoms with Crippen LogP contribution in [0.1, 0.15) is 30.5 Å². The van der Waals surface area contributed by atoms with Crippen molar-refractivity contribution in [1.29, 1.82) is 0 Å². The van der Waals surface area contributed by atoms with Gasteiger partial charge in [-0.15, -0.1) is 0 Å². The maximum atomic E-state index is 12.9. The van der Waals surface area contributed by atoms with Crippen molar-refractivity contribution in [2.45, 2.75) is 26.3 Å². The van der Waals surface area contributed by atoms with Gasteiger partial charge in [0.1, 0.15) is 5.82 Å². The summed E-state index contributed by atoms with van der Waals surface area (Å²) in [7, 11) is 0. The quantitative estimate of drug-likeness (QED) is 0.782. The maximum absolute atomic E-state index is 12.9. The zero-order chi connectivity index (χ0) is 11.3. The lowest BCUT2D eigenvalue weighted by atomic mass is 10.0. The second kappa shape index (κ2) is 5.83. The molecule has 0 fully saturated rings. The van der Waals surface area contributed by atoms with Crippen molar-refractivity contribution in [2.75, 3.05) is 13.2 Å². The molecular weight excluding hydrogens is 193 g/mol.